The van der Waals surface area contributed by atoms with Crippen molar-refractivity contribution in [1.82, 2.24) is 9.88 Å². The molecule has 1 heterocycles. The molecule has 1 unspecified atom stereocenters. The summed E-state index contributed by atoms with van der Waals surface area (Å²) in [7, 11) is 5.63. The van der Waals surface area contributed by atoms with Crippen LogP contribution in [0.5, 0.6) is 0 Å². The number of carbonyl (C=O) groups is 1. The molecule has 2 aromatic rings. The van der Waals surface area contributed by atoms with Crippen molar-refractivity contribution in [3.05, 3.63) is 29.3 Å². The highest BCUT2D eigenvalue weighted by molar-refractivity contribution is 7.18. The summed E-state index contributed by atoms with van der Waals surface area (Å²) in [6.07, 6.45) is 0. The van der Waals surface area contributed by atoms with Crippen molar-refractivity contribution in [3.63, 3.8) is 0 Å². The van der Waals surface area contributed by atoms with Crippen LogP contribution in [-0.2, 0) is 11.3 Å². The Kier molecular flexibility index (Phi) is 4.17. The van der Waals surface area contributed by atoms with Crippen LogP contribution in [0.1, 0.15) is 11.9 Å². The second-order valence-corrected chi connectivity index (χ2v) is 6.17. The lowest BCUT2D eigenvalue weighted by Crippen LogP contribution is -3.12. The predicted octanol–water partition coefficient (Wildman–Crippen LogP) is 0.788. The molecule has 0 saturated heterocycles. The smallest absolute Gasteiger partial charge is 0.280 e. The van der Waals surface area contributed by atoms with Crippen molar-refractivity contribution >= 4 is 27.5 Å². The number of nitrogens with zero attached hydrogens (tertiary/aromatic N) is 2. The first kappa shape index (κ1) is 14.0. The van der Waals surface area contributed by atoms with E-state index in [4.69, 9.17) is 0 Å². The average molecular weight is 278 g/mol. The first-order valence-electron chi connectivity index (χ1n) is 6.37. The fourth-order valence-electron chi connectivity index (χ4n) is 1.99. The Balaban J connectivity index is 2.10. The third-order valence-corrected chi connectivity index (χ3v) is 4.36. The van der Waals surface area contributed by atoms with Crippen molar-refractivity contribution in [2.75, 3.05) is 21.1 Å². The number of benzene rings is 1. The molecule has 1 aromatic carbocycles. The number of amides is 1. The van der Waals surface area contributed by atoms with Gasteiger partial charge in [0.2, 0.25) is 0 Å². The first-order chi connectivity index (χ1) is 8.99. The molecule has 1 N–H and O–H groups in total. The van der Waals surface area contributed by atoms with Gasteiger partial charge in [0, 0.05) is 14.1 Å². The SMILES string of the molecule is C[C@@H](C(=O)N(C)C)[NH+](C)Cc1nc2ccccc2s1. The molecule has 5 heteroatoms. The van der Waals surface area contributed by atoms with Crippen molar-refractivity contribution in [2.24, 2.45) is 0 Å². The Morgan fingerprint density at radius 2 is 2.11 bits per heavy atom. The second-order valence-electron chi connectivity index (χ2n) is 5.05. The molecule has 0 spiro atoms. The lowest BCUT2D eigenvalue weighted by Gasteiger charge is -2.22. The van der Waals surface area contributed by atoms with Crippen LogP contribution >= 0.6 is 11.3 Å². The fourth-order valence-corrected chi connectivity index (χ4v) is 3.05. The van der Waals surface area contributed by atoms with Gasteiger partial charge in [0.05, 0.1) is 17.3 Å². The molecule has 0 radical (unpaired) electrons. The molecule has 19 heavy (non-hydrogen) atoms. The molecule has 4 nitrogen and oxygen atoms in total. The molecular formula is C14H20N3OS+. The largest absolute Gasteiger partial charge is 0.344 e. The fraction of sp³-hybridized carbons (Fsp3) is 0.429. The van der Waals surface area contributed by atoms with Gasteiger partial charge in [-0.2, -0.15) is 0 Å². The summed E-state index contributed by atoms with van der Waals surface area (Å²) in [5.41, 5.74) is 1.04. The summed E-state index contributed by atoms with van der Waals surface area (Å²) in [5.74, 6) is 0.151. The highest BCUT2D eigenvalue weighted by Gasteiger charge is 2.24. The Morgan fingerprint density at radius 3 is 2.74 bits per heavy atom. The molecule has 0 aliphatic rings. The highest BCUT2D eigenvalue weighted by Crippen LogP contribution is 2.20. The summed E-state index contributed by atoms with van der Waals surface area (Å²) in [5, 5.41) is 1.08. The summed E-state index contributed by atoms with van der Waals surface area (Å²) < 4.78 is 1.21. The molecule has 2 rings (SSSR count). The van der Waals surface area contributed by atoms with Gasteiger partial charge in [-0.15, -0.1) is 11.3 Å². The molecule has 0 aliphatic heterocycles. The van der Waals surface area contributed by atoms with Gasteiger partial charge in [0.15, 0.2) is 6.04 Å². The standard InChI is InChI=1S/C14H19N3OS/c1-10(14(18)16(2)3)17(4)9-13-15-11-7-5-6-8-12(11)19-13/h5-8,10H,9H2,1-4H3/p+1/t10-/m0/s1. The maximum atomic E-state index is 11.9. The Labute approximate surface area is 117 Å². The minimum absolute atomic E-state index is 0.0537. The summed E-state index contributed by atoms with van der Waals surface area (Å²) in [6.45, 7) is 2.74. The molecule has 0 aliphatic carbocycles. The predicted molar refractivity (Wildman–Crippen MR) is 78.4 cm³/mol. The van der Waals surface area contributed by atoms with E-state index in [1.807, 2.05) is 32.2 Å². The number of nitrogens with one attached hydrogen (secondary N) is 1. The van der Waals surface area contributed by atoms with Crippen molar-refractivity contribution in [1.29, 1.82) is 0 Å². The molecular weight excluding hydrogens is 258 g/mol. The first-order valence-corrected chi connectivity index (χ1v) is 7.18. The number of carbonyl (C=O) groups excluding carboxylic acids is 1. The van der Waals surface area contributed by atoms with Crippen molar-refractivity contribution in [3.8, 4) is 0 Å². The van der Waals surface area contributed by atoms with Crippen molar-refractivity contribution in [2.45, 2.75) is 19.5 Å². The number of likely N-dealkylation sites (N-methyl/N-ethyl adjacent to an activating group) is 2. The van der Waals surface area contributed by atoms with Gasteiger partial charge < -0.3 is 9.80 Å². The number of hydrogen-bond donors (Lipinski definition) is 1. The van der Waals surface area contributed by atoms with Gasteiger partial charge >= 0.3 is 0 Å². The van der Waals surface area contributed by atoms with Crippen molar-refractivity contribution < 1.29 is 9.69 Å². The number of quaternary nitrogens is 1. The Bertz CT molecular complexity index is 546. The quantitative estimate of drug-likeness (QED) is 0.898. The molecule has 0 fully saturated rings. The van der Waals surface area contributed by atoms with Gasteiger partial charge in [-0.25, -0.2) is 4.98 Å². The Hall–Kier alpha value is -1.46. The van der Waals surface area contributed by atoms with Crippen LogP contribution < -0.4 is 4.90 Å². The summed E-state index contributed by atoms with van der Waals surface area (Å²) in [4.78, 5) is 19.4. The van der Waals surface area contributed by atoms with Crippen LogP contribution in [0.4, 0.5) is 0 Å². The normalized spacial score (nSPS) is 14.3. The van der Waals surface area contributed by atoms with Gasteiger partial charge in [0.1, 0.15) is 11.6 Å². The molecule has 1 amide bonds. The monoisotopic (exact) mass is 278 g/mol. The number of thiazole rings is 1. The second kappa shape index (κ2) is 5.67. The van der Waals surface area contributed by atoms with E-state index in [1.54, 1.807) is 30.3 Å². The lowest BCUT2D eigenvalue weighted by molar-refractivity contribution is -0.908. The molecule has 0 saturated carbocycles. The van der Waals surface area contributed by atoms with Crippen LogP contribution in [-0.4, -0.2) is 43.0 Å². The van der Waals surface area contributed by atoms with Gasteiger partial charge in [-0.1, -0.05) is 12.1 Å². The number of hydrogen-bond acceptors (Lipinski definition) is 3. The van der Waals surface area contributed by atoms with E-state index in [2.05, 4.69) is 11.1 Å². The van der Waals surface area contributed by atoms with Gasteiger partial charge in [0.25, 0.3) is 5.91 Å². The van der Waals surface area contributed by atoms with E-state index in [0.29, 0.717) is 0 Å². The van der Waals surface area contributed by atoms with Gasteiger partial charge in [-0.05, 0) is 19.1 Å². The lowest BCUT2D eigenvalue weighted by atomic mass is 10.2. The minimum Gasteiger partial charge on any atom is -0.344 e. The third-order valence-electron chi connectivity index (χ3n) is 3.32. The molecule has 1 aromatic heterocycles. The van der Waals surface area contributed by atoms with Crippen LogP contribution in [0.3, 0.4) is 0 Å². The number of rotatable bonds is 4. The number of fused-ring (bicyclic) bond motifs is 1. The van der Waals surface area contributed by atoms with E-state index in [0.717, 1.165) is 22.0 Å². The maximum absolute atomic E-state index is 11.9. The van der Waals surface area contributed by atoms with E-state index in [-0.39, 0.29) is 11.9 Å². The maximum Gasteiger partial charge on any atom is 0.280 e. The highest BCUT2D eigenvalue weighted by atomic mass is 32.1. The molecule has 102 valence electrons. The third kappa shape index (κ3) is 3.11. The van der Waals surface area contributed by atoms with E-state index >= 15 is 0 Å². The number of para-hydroxylation sites is 1. The molecule has 2 atom stereocenters. The van der Waals surface area contributed by atoms with E-state index in [1.165, 1.54) is 4.70 Å². The summed E-state index contributed by atoms with van der Waals surface area (Å²) >= 11 is 1.71. The van der Waals surface area contributed by atoms with Crippen LogP contribution in [0.15, 0.2) is 24.3 Å². The molecule has 0 bridgehead atoms. The van der Waals surface area contributed by atoms with E-state index in [9.17, 15) is 4.79 Å². The number of aromatic nitrogens is 1. The van der Waals surface area contributed by atoms with Crippen LogP contribution in [0, 0.1) is 0 Å². The topological polar surface area (TPSA) is 37.6 Å². The summed E-state index contributed by atoms with van der Waals surface area (Å²) in [6, 6.07) is 8.08. The average Bonchev–Trinajstić information content (AvgIpc) is 2.78. The van der Waals surface area contributed by atoms with Crippen LogP contribution in [0.25, 0.3) is 10.2 Å². The van der Waals surface area contributed by atoms with Gasteiger partial charge in [-0.3, -0.25) is 4.79 Å². The zero-order valence-corrected chi connectivity index (χ0v) is 12.6. The zero-order chi connectivity index (χ0) is 14.0. The zero-order valence-electron chi connectivity index (χ0n) is 11.8. The Morgan fingerprint density at radius 1 is 1.42 bits per heavy atom. The minimum atomic E-state index is -0.0537. The van der Waals surface area contributed by atoms with Crippen LogP contribution in [0.2, 0.25) is 0 Å². The van der Waals surface area contributed by atoms with E-state index < -0.39 is 0 Å².